The van der Waals surface area contributed by atoms with Gasteiger partial charge in [0.05, 0.1) is 6.20 Å². The topological polar surface area (TPSA) is 96.9 Å². The fourth-order valence-corrected chi connectivity index (χ4v) is 3.21. The molecule has 0 spiro atoms. The molecule has 0 atom stereocenters. The first-order valence-electron chi connectivity index (χ1n) is 8.93. The number of carbonyl (C=O) groups excluding carboxylic acids is 2. The maximum absolute atomic E-state index is 12.3. The van der Waals surface area contributed by atoms with Crippen LogP contribution in [0.1, 0.15) is 41.7 Å². The Bertz CT molecular complexity index is 715. The number of aromatic nitrogens is 3. The second-order valence-electron chi connectivity index (χ2n) is 6.60. The van der Waals surface area contributed by atoms with Crippen molar-refractivity contribution in [3.63, 3.8) is 0 Å². The van der Waals surface area contributed by atoms with Crippen LogP contribution in [0.4, 0.5) is 0 Å². The zero-order chi connectivity index (χ0) is 18.2. The van der Waals surface area contributed by atoms with Crippen LogP contribution in [-0.4, -0.2) is 33.3 Å². The van der Waals surface area contributed by atoms with Crippen molar-refractivity contribution >= 4 is 11.8 Å². The van der Waals surface area contributed by atoms with E-state index < -0.39 is 0 Å². The Balaban J connectivity index is 1.37. The molecule has 1 aliphatic rings. The first kappa shape index (κ1) is 18.0. The number of nitrogens with zero attached hydrogens (tertiary/aromatic N) is 3. The van der Waals surface area contributed by atoms with Gasteiger partial charge in [-0.3, -0.25) is 19.6 Å². The van der Waals surface area contributed by atoms with Gasteiger partial charge in [0.2, 0.25) is 5.91 Å². The molecular weight excluding hydrogens is 330 g/mol. The minimum absolute atomic E-state index is 0.0543. The van der Waals surface area contributed by atoms with Gasteiger partial charge in [-0.25, -0.2) is 4.98 Å². The maximum atomic E-state index is 12.3. The van der Waals surface area contributed by atoms with Crippen molar-refractivity contribution in [3.8, 4) is 0 Å². The third-order valence-electron chi connectivity index (χ3n) is 4.75. The number of pyridine rings is 1. The number of rotatable bonds is 6. The number of carbonyl (C=O) groups is 2. The minimum Gasteiger partial charge on any atom is -0.352 e. The Morgan fingerprint density at radius 3 is 2.50 bits per heavy atom. The molecule has 1 fully saturated rings. The first-order chi connectivity index (χ1) is 12.7. The fraction of sp³-hybridized carbons (Fsp3) is 0.421. The summed E-state index contributed by atoms with van der Waals surface area (Å²) in [5.74, 6) is 0.363. The molecule has 136 valence electrons. The largest absolute Gasteiger partial charge is 0.352 e. The lowest BCUT2D eigenvalue weighted by Crippen LogP contribution is -2.36. The van der Waals surface area contributed by atoms with E-state index in [9.17, 15) is 9.59 Å². The summed E-state index contributed by atoms with van der Waals surface area (Å²) in [6.07, 6.45) is 11.6. The molecule has 1 saturated carbocycles. The smallest absolute Gasteiger partial charge is 0.271 e. The maximum Gasteiger partial charge on any atom is 0.271 e. The molecule has 26 heavy (non-hydrogen) atoms. The van der Waals surface area contributed by atoms with Gasteiger partial charge in [0.15, 0.2) is 0 Å². The van der Waals surface area contributed by atoms with Gasteiger partial charge in [-0.1, -0.05) is 6.07 Å². The van der Waals surface area contributed by atoms with Crippen molar-refractivity contribution in [2.75, 3.05) is 6.54 Å². The second kappa shape index (κ2) is 9.03. The molecule has 3 rings (SSSR count). The minimum atomic E-state index is -0.200. The summed E-state index contributed by atoms with van der Waals surface area (Å²) >= 11 is 0. The Morgan fingerprint density at radius 1 is 1.00 bits per heavy atom. The van der Waals surface area contributed by atoms with Crippen LogP contribution in [0.5, 0.6) is 0 Å². The lowest BCUT2D eigenvalue weighted by atomic mass is 9.81. The fourth-order valence-electron chi connectivity index (χ4n) is 3.21. The van der Waals surface area contributed by atoms with Crippen LogP contribution >= 0.6 is 0 Å². The highest BCUT2D eigenvalue weighted by Crippen LogP contribution is 2.28. The SMILES string of the molecule is O=C(NCC1CCC(C(=O)NCc2cccnc2)CC1)c1cnccn1. The monoisotopic (exact) mass is 353 g/mol. The molecule has 2 amide bonds. The van der Waals surface area contributed by atoms with E-state index in [1.165, 1.54) is 18.6 Å². The molecule has 2 aromatic rings. The Labute approximate surface area is 152 Å². The van der Waals surface area contributed by atoms with Crippen molar-refractivity contribution in [1.29, 1.82) is 0 Å². The third-order valence-corrected chi connectivity index (χ3v) is 4.75. The predicted molar refractivity (Wildman–Crippen MR) is 95.9 cm³/mol. The van der Waals surface area contributed by atoms with E-state index in [2.05, 4.69) is 25.6 Å². The van der Waals surface area contributed by atoms with Crippen LogP contribution in [0.3, 0.4) is 0 Å². The summed E-state index contributed by atoms with van der Waals surface area (Å²) in [6, 6.07) is 3.81. The standard InChI is InChI=1S/C19H23N5O2/c25-18(23-12-15-2-1-7-20-10-15)16-5-3-14(4-6-16)11-24-19(26)17-13-21-8-9-22-17/h1-2,7-10,13-14,16H,3-6,11-12H2,(H,23,25)(H,24,26). The van der Waals surface area contributed by atoms with E-state index in [0.29, 0.717) is 24.7 Å². The molecule has 2 heterocycles. The average Bonchev–Trinajstić information content (AvgIpc) is 2.72. The van der Waals surface area contributed by atoms with Gasteiger partial charge < -0.3 is 10.6 Å². The first-order valence-corrected chi connectivity index (χ1v) is 8.93. The van der Waals surface area contributed by atoms with Crippen molar-refractivity contribution in [3.05, 3.63) is 54.4 Å². The zero-order valence-corrected chi connectivity index (χ0v) is 14.6. The lowest BCUT2D eigenvalue weighted by molar-refractivity contribution is -0.126. The summed E-state index contributed by atoms with van der Waals surface area (Å²) in [4.78, 5) is 36.2. The van der Waals surface area contributed by atoms with Crippen molar-refractivity contribution in [2.45, 2.75) is 32.2 Å². The van der Waals surface area contributed by atoms with Crippen molar-refractivity contribution in [1.82, 2.24) is 25.6 Å². The van der Waals surface area contributed by atoms with Crippen molar-refractivity contribution in [2.24, 2.45) is 11.8 Å². The van der Waals surface area contributed by atoms with E-state index in [0.717, 1.165) is 31.2 Å². The highest BCUT2D eigenvalue weighted by molar-refractivity contribution is 5.91. The van der Waals surface area contributed by atoms with Crippen LogP contribution in [0, 0.1) is 11.8 Å². The molecule has 0 saturated heterocycles. The molecule has 7 heteroatoms. The Kier molecular flexibility index (Phi) is 6.24. The Morgan fingerprint density at radius 2 is 1.81 bits per heavy atom. The summed E-state index contributed by atoms with van der Waals surface area (Å²) < 4.78 is 0. The van der Waals surface area contributed by atoms with Gasteiger partial charge in [-0.05, 0) is 43.2 Å². The van der Waals surface area contributed by atoms with Gasteiger partial charge in [0.25, 0.3) is 5.91 Å². The van der Waals surface area contributed by atoms with Gasteiger partial charge in [-0.2, -0.15) is 0 Å². The quantitative estimate of drug-likeness (QED) is 0.824. The molecule has 0 aromatic carbocycles. The number of hydrogen-bond acceptors (Lipinski definition) is 5. The zero-order valence-electron chi connectivity index (χ0n) is 14.6. The Hall–Kier alpha value is -2.83. The van der Waals surface area contributed by atoms with E-state index in [1.807, 2.05) is 12.1 Å². The molecule has 0 aliphatic heterocycles. The molecule has 2 aromatic heterocycles. The molecule has 0 bridgehead atoms. The number of hydrogen-bond donors (Lipinski definition) is 2. The third kappa shape index (κ3) is 5.08. The van der Waals surface area contributed by atoms with Gasteiger partial charge in [0.1, 0.15) is 5.69 Å². The summed E-state index contributed by atoms with van der Waals surface area (Å²) in [6.45, 7) is 1.13. The highest BCUT2D eigenvalue weighted by Gasteiger charge is 2.26. The van der Waals surface area contributed by atoms with E-state index >= 15 is 0 Å². The van der Waals surface area contributed by atoms with E-state index in [4.69, 9.17) is 0 Å². The number of amides is 2. The van der Waals surface area contributed by atoms with Gasteiger partial charge in [-0.15, -0.1) is 0 Å². The summed E-state index contributed by atoms with van der Waals surface area (Å²) in [5.41, 5.74) is 1.33. The van der Waals surface area contributed by atoms with Crippen LogP contribution < -0.4 is 10.6 Å². The van der Waals surface area contributed by atoms with Crippen LogP contribution in [-0.2, 0) is 11.3 Å². The van der Waals surface area contributed by atoms with Crippen LogP contribution in [0.25, 0.3) is 0 Å². The average molecular weight is 353 g/mol. The molecule has 0 radical (unpaired) electrons. The number of nitrogens with one attached hydrogen (secondary N) is 2. The van der Waals surface area contributed by atoms with Crippen LogP contribution in [0.2, 0.25) is 0 Å². The lowest BCUT2D eigenvalue weighted by Gasteiger charge is -2.27. The van der Waals surface area contributed by atoms with Gasteiger partial charge >= 0.3 is 0 Å². The second-order valence-corrected chi connectivity index (χ2v) is 6.60. The van der Waals surface area contributed by atoms with Crippen molar-refractivity contribution < 1.29 is 9.59 Å². The van der Waals surface area contributed by atoms with E-state index in [1.54, 1.807) is 12.4 Å². The molecule has 1 aliphatic carbocycles. The molecule has 7 nitrogen and oxygen atoms in total. The van der Waals surface area contributed by atoms with Crippen LogP contribution in [0.15, 0.2) is 43.1 Å². The highest BCUT2D eigenvalue weighted by atomic mass is 16.2. The summed E-state index contributed by atoms with van der Waals surface area (Å²) in [7, 11) is 0. The molecular formula is C19H23N5O2. The molecule has 2 N–H and O–H groups in total. The van der Waals surface area contributed by atoms with Gasteiger partial charge in [0, 0.05) is 43.8 Å². The predicted octanol–water partition coefficient (Wildman–Crippen LogP) is 1.72. The van der Waals surface area contributed by atoms with E-state index in [-0.39, 0.29) is 17.7 Å². The normalized spacial score (nSPS) is 19.5. The molecule has 0 unspecified atom stereocenters. The summed E-state index contributed by atoms with van der Waals surface area (Å²) in [5, 5.41) is 5.90.